The van der Waals surface area contributed by atoms with Crippen LogP contribution in [-0.4, -0.2) is 16.8 Å². The third-order valence-corrected chi connectivity index (χ3v) is 5.92. The highest BCUT2D eigenvalue weighted by Crippen LogP contribution is 2.43. The number of aliphatic hydroxyl groups is 1. The minimum atomic E-state index is -0.864. The van der Waals surface area contributed by atoms with Gasteiger partial charge in [-0.3, -0.25) is 14.5 Å². The van der Waals surface area contributed by atoms with Gasteiger partial charge >= 0.3 is 0 Å². The van der Waals surface area contributed by atoms with Gasteiger partial charge in [-0.05, 0) is 47.0 Å². The van der Waals surface area contributed by atoms with Crippen molar-refractivity contribution < 1.29 is 19.1 Å². The lowest BCUT2D eigenvalue weighted by atomic mass is 9.96. The highest BCUT2D eigenvalue weighted by Gasteiger charge is 2.48. The maximum atomic E-state index is 13.2. The number of furan rings is 1. The Balaban J connectivity index is 1.73. The zero-order valence-corrected chi connectivity index (χ0v) is 17.5. The SMILES string of the molecule is CCc1ccc(N2C(=O)C(=O)/C(=C(\O)c3cccc4ccccc34)C2c2ccco2)cc1. The van der Waals surface area contributed by atoms with E-state index in [2.05, 4.69) is 0 Å². The second-order valence-electron chi connectivity index (χ2n) is 7.73. The number of rotatable bonds is 4. The molecule has 5 heteroatoms. The summed E-state index contributed by atoms with van der Waals surface area (Å²) in [7, 11) is 0. The zero-order chi connectivity index (χ0) is 22.2. The molecule has 2 heterocycles. The van der Waals surface area contributed by atoms with Crippen LogP contribution in [-0.2, 0) is 16.0 Å². The molecule has 1 amide bonds. The fraction of sp³-hybridized carbons (Fsp3) is 0.111. The van der Waals surface area contributed by atoms with E-state index in [9.17, 15) is 14.7 Å². The van der Waals surface area contributed by atoms with E-state index in [1.165, 1.54) is 11.2 Å². The molecule has 0 spiro atoms. The van der Waals surface area contributed by atoms with Gasteiger partial charge in [0.15, 0.2) is 0 Å². The van der Waals surface area contributed by atoms with Gasteiger partial charge in [0.1, 0.15) is 17.6 Å². The van der Waals surface area contributed by atoms with Gasteiger partial charge in [-0.2, -0.15) is 0 Å². The maximum Gasteiger partial charge on any atom is 0.300 e. The molecule has 1 saturated heterocycles. The molecule has 1 aromatic heterocycles. The lowest BCUT2D eigenvalue weighted by Gasteiger charge is -2.23. The van der Waals surface area contributed by atoms with E-state index in [1.807, 2.05) is 67.6 Å². The number of carbonyl (C=O) groups is 2. The quantitative estimate of drug-likeness (QED) is 0.263. The summed E-state index contributed by atoms with van der Waals surface area (Å²) in [6, 6.07) is 23.1. The maximum absolute atomic E-state index is 13.2. The summed E-state index contributed by atoms with van der Waals surface area (Å²) >= 11 is 0. The number of anilines is 1. The topological polar surface area (TPSA) is 70.8 Å². The first-order valence-corrected chi connectivity index (χ1v) is 10.5. The van der Waals surface area contributed by atoms with Crippen molar-refractivity contribution in [3.8, 4) is 0 Å². The molecule has 1 aliphatic rings. The summed E-state index contributed by atoms with van der Waals surface area (Å²) < 4.78 is 5.62. The molecule has 1 N–H and O–H groups in total. The molecule has 0 bridgehead atoms. The van der Waals surface area contributed by atoms with E-state index in [0.717, 1.165) is 22.8 Å². The number of hydrogen-bond acceptors (Lipinski definition) is 4. The Kier molecular flexibility index (Phi) is 4.86. The van der Waals surface area contributed by atoms with Crippen molar-refractivity contribution in [3.63, 3.8) is 0 Å². The number of ketones is 1. The summed E-state index contributed by atoms with van der Waals surface area (Å²) in [6.07, 6.45) is 2.36. The van der Waals surface area contributed by atoms with E-state index in [0.29, 0.717) is 17.0 Å². The van der Waals surface area contributed by atoms with E-state index in [4.69, 9.17) is 4.42 Å². The summed E-state index contributed by atoms with van der Waals surface area (Å²) in [6.45, 7) is 2.05. The average Bonchev–Trinajstić information content (AvgIpc) is 3.45. The van der Waals surface area contributed by atoms with Gasteiger partial charge in [-0.1, -0.05) is 61.5 Å². The first kappa shape index (κ1) is 19.8. The molecule has 0 radical (unpaired) electrons. The molecule has 0 aliphatic carbocycles. The van der Waals surface area contributed by atoms with Crippen LogP contribution in [0.25, 0.3) is 16.5 Å². The fourth-order valence-electron chi connectivity index (χ4n) is 4.28. The summed E-state index contributed by atoms with van der Waals surface area (Å²) in [5, 5.41) is 13.1. The number of aliphatic hydroxyl groups excluding tert-OH is 1. The Bertz CT molecular complexity index is 1340. The van der Waals surface area contributed by atoms with Crippen molar-refractivity contribution in [2.75, 3.05) is 4.90 Å². The molecule has 32 heavy (non-hydrogen) atoms. The second-order valence-corrected chi connectivity index (χ2v) is 7.73. The van der Waals surface area contributed by atoms with Crippen LogP contribution < -0.4 is 4.90 Å². The van der Waals surface area contributed by atoms with Crippen molar-refractivity contribution in [2.24, 2.45) is 0 Å². The van der Waals surface area contributed by atoms with Crippen molar-refractivity contribution in [2.45, 2.75) is 19.4 Å². The van der Waals surface area contributed by atoms with Crippen LogP contribution in [0, 0.1) is 0 Å². The van der Waals surface area contributed by atoms with Gasteiger partial charge in [-0.25, -0.2) is 0 Å². The molecule has 5 rings (SSSR count). The lowest BCUT2D eigenvalue weighted by Crippen LogP contribution is -2.29. The van der Waals surface area contributed by atoms with Gasteiger partial charge in [0.2, 0.25) is 0 Å². The Morgan fingerprint density at radius 1 is 0.938 bits per heavy atom. The van der Waals surface area contributed by atoms with Crippen molar-refractivity contribution in [1.82, 2.24) is 0 Å². The van der Waals surface area contributed by atoms with E-state index in [-0.39, 0.29) is 11.3 Å². The number of benzene rings is 3. The Labute approximate surface area is 185 Å². The van der Waals surface area contributed by atoms with E-state index in [1.54, 1.807) is 18.2 Å². The molecular weight excluding hydrogens is 402 g/mol. The summed E-state index contributed by atoms with van der Waals surface area (Å²) in [5.74, 6) is -1.24. The number of nitrogens with zero attached hydrogens (tertiary/aromatic N) is 1. The predicted octanol–water partition coefficient (Wildman–Crippen LogP) is 5.62. The molecule has 1 atom stereocenters. The highest BCUT2D eigenvalue weighted by atomic mass is 16.3. The van der Waals surface area contributed by atoms with Gasteiger partial charge in [-0.15, -0.1) is 0 Å². The van der Waals surface area contributed by atoms with Gasteiger partial charge in [0.05, 0.1) is 11.8 Å². The molecule has 5 nitrogen and oxygen atoms in total. The fourth-order valence-corrected chi connectivity index (χ4v) is 4.28. The smallest absolute Gasteiger partial charge is 0.300 e. The first-order chi connectivity index (χ1) is 15.6. The van der Waals surface area contributed by atoms with Crippen LogP contribution >= 0.6 is 0 Å². The molecule has 1 fully saturated rings. The van der Waals surface area contributed by atoms with Crippen molar-refractivity contribution in [1.29, 1.82) is 0 Å². The van der Waals surface area contributed by atoms with Gasteiger partial charge in [0, 0.05) is 11.3 Å². The van der Waals surface area contributed by atoms with E-state index < -0.39 is 17.7 Å². The lowest BCUT2D eigenvalue weighted by molar-refractivity contribution is -0.132. The third-order valence-electron chi connectivity index (χ3n) is 5.92. The number of Topliss-reactive ketones (excluding diaryl/α,β-unsaturated/α-hetero) is 1. The molecule has 1 unspecified atom stereocenters. The highest BCUT2D eigenvalue weighted by molar-refractivity contribution is 6.51. The minimum absolute atomic E-state index is 0.0147. The second kappa shape index (κ2) is 7.85. The summed E-state index contributed by atoms with van der Waals surface area (Å²) in [4.78, 5) is 27.8. The molecule has 3 aromatic carbocycles. The van der Waals surface area contributed by atoms with Crippen LogP contribution in [0.15, 0.2) is 95.1 Å². The predicted molar refractivity (Wildman–Crippen MR) is 123 cm³/mol. The van der Waals surface area contributed by atoms with Crippen LogP contribution in [0.1, 0.15) is 29.9 Å². The van der Waals surface area contributed by atoms with Gasteiger partial charge in [0.25, 0.3) is 11.7 Å². The van der Waals surface area contributed by atoms with Crippen LogP contribution in [0.4, 0.5) is 5.69 Å². The number of carbonyl (C=O) groups excluding carboxylic acids is 2. The van der Waals surface area contributed by atoms with Crippen LogP contribution in [0.5, 0.6) is 0 Å². The molecule has 4 aromatic rings. The van der Waals surface area contributed by atoms with Crippen LogP contribution in [0.2, 0.25) is 0 Å². The standard InChI is InChI=1S/C27H21NO4/c1-2-17-12-14-19(15-13-17)28-24(22-11-6-16-32-22)23(26(30)27(28)31)25(29)21-10-5-8-18-7-3-4-9-20(18)21/h3-16,24,29H,2H2,1H3/b25-23-. The Morgan fingerprint density at radius 3 is 2.41 bits per heavy atom. The number of hydrogen-bond donors (Lipinski definition) is 1. The molecule has 1 aliphatic heterocycles. The summed E-state index contributed by atoms with van der Waals surface area (Å²) in [5.41, 5.74) is 2.21. The minimum Gasteiger partial charge on any atom is -0.507 e. The number of fused-ring (bicyclic) bond motifs is 1. The normalized spacial score (nSPS) is 17.9. The van der Waals surface area contributed by atoms with Crippen molar-refractivity contribution in [3.05, 3.63) is 108 Å². The number of aryl methyl sites for hydroxylation is 1. The molecule has 0 saturated carbocycles. The number of amides is 1. The van der Waals surface area contributed by atoms with Crippen LogP contribution in [0.3, 0.4) is 0 Å². The Hall–Kier alpha value is -4.12. The molecular formula is C27H21NO4. The third kappa shape index (κ3) is 3.10. The molecule has 158 valence electrons. The zero-order valence-electron chi connectivity index (χ0n) is 17.5. The van der Waals surface area contributed by atoms with E-state index >= 15 is 0 Å². The monoisotopic (exact) mass is 423 g/mol. The van der Waals surface area contributed by atoms with Gasteiger partial charge < -0.3 is 9.52 Å². The first-order valence-electron chi connectivity index (χ1n) is 10.5. The largest absolute Gasteiger partial charge is 0.507 e. The Morgan fingerprint density at radius 2 is 1.69 bits per heavy atom. The van der Waals surface area contributed by atoms with Crippen molar-refractivity contribution >= 4 is 33.9 Å². The average molecular weight is 423 g/mol.